The molecule has 0 aromatic carbocycles. The Morgan fingerprint density at radius 1 is 1.26 bits per heavy atom. The summed E-state index contributed by atoms with van der Waals surface area (Å²) < 4.78 is 0. The van der Waals surface area contributed by atoms with E-state index >= 15 is 0 Å². The van der Waals surface area contributed by atoms with Crippen molar-refractivity contribution in [1.82, 2.24) is 25.4 Å². The van der Waals surface area contributed by atoms with E-state index in [2.05, 4.69) is 38.0 Å². The van der Waals surface area contributed by atoms with Gasteiger partial charge in [-0.2, -0.15) is 15.0 Å². The van der Waals surface area contributed by atoms with Gasteiger partial charge in [0.1, 0.15) is 5.82 Å². The summed E-state index contributed by atoms with van der Waals surface area (Å²) in [5.74, 6) is 0.495. The van der Waals surface area contributed by atoms with Crippen molar-refractivity contribution < 1.29 is 14.8 Å². The van der Waals surface area contributed by atoms with E-state index in [1.54, 1.807) is 0 Å². The van der Waals surface area contributed by atoms with Crippen molar-refractivity contribution >= 4 is 24.2 Å². The van der Waals surface area contributed by atoms with E-state index in [9.17, 15) is 14.8 Å². The van der Waals surface area contributed by atoms with Crippen LogP contribution in [-0.2, 0) is 16.0 Å². The summed E-state index contributed by atoms with van der Waals surface area (Å²) >= 11 is 0. The fourth-order valence-corrected chi connectivity index (χ4v) is 2.54. The maximum Gasteiger partial charge on any atom is 0.246 e. The van der Waals surface area contributed by atoms with Crippen LogP contribution < -0.4 is 16.2 Å². The van der Waals surface area contributed by atoms with Crippen molar-refractivity contribution in [3.8, 4) is 0 Å². The molecule has 1 aliphatic rings. The van der Waals surface area contributed by atoms with Crippen LogP contribution in [0.3, 0.4) is 0 Å². The average molecular weight is 379 g/mol. The van der Waals surface area contributed by atoms with Crippen molar-refractivity contribution in [3.63, 3.8) is 0 Å². The van der Waals surface area contributed by atoms with E-state index in [0.717, 1.165) is 32.1 Å². The minimum Gasteiger partial charge on any atom is -0.351 e. The van der Waals surface area contributed by atoms with Gasteiger partial charge < -0.3 is 5.32 Å². The minimum atomic E-state index is -0.532. The van der Waals surface area contributed by atoms with Crippen LogP contribution in [0.15, 0.2) is 0 Å². The van der Waals surface area contributed by atoms with Crippen LogP contribution in [-0.4, -0.2) is 50.1 Å². The van der Waals surface area contributed by atoms with Gasteiger partial charge in [-0.25, -0.2) is 5.06 Å². The maximum absolute atomic E-state index is 12.5. The minimum absolute atomic E-state index is 0.0629. The van der Waals surface area contributed by atoms with Crippen LogP contribution in [0.1, 0.15) is 58.2 Å². The summed E-state index contributed by atoms with van der Waals surface area (Å²) in [5.41, 5.74) is 5.30. The van der Waals surface area contributed by atoms with Crippen LogP contribution in [0.25, 0.3) is 0 Å². The van der Waals surface area contributed by atoms with Crippen LogP contribution in [0.2, 0.25) is 0 Å². The van der Waals surface area contributed by atoms with Gasteiger partial charge in [0.05, 0.1) is 12.5 Å². The fourth-order valence-electron chi connectivity index (χ4n) is 2.54. The van der Waals surface area contributed by atoms with Gasteiger partial charge in [-0.1, -0.05) is 33.1 Å². The molecule has 0 saturated heterocycles. The smallest absolute Gasteiger partial charge is 0.246 e. The largest absolute Gasteiger partial charge is 0.351 e. The van der Waals surface area contributed by atoms with Gasteiger partial charge >= 0.3 is 0 Å². The molecule has 4 N–H and O–H groups in total. The highest BCUT2D eigenvalue weighted by Gasteiger charge is 2.23. The van der Waals surface area contributed by atoms with E-state index in [-0.39, 0.29) is 18.4 Å². The number of nitrogens with zero attached hydrogens (tertiary/aromatic N) is 4. The average Bonchev–Trinajstić information content (AvgIpc) is 3.48. The first-order valence-electron chi connectivity index (χ1n) is 9.53. The first-order valence-corrected chi connectivity index (χ1v) is 9.53. The molecule has 1 atom stereocenters. The van der Waals surface area contributed by atoms with Gasteiger partial charge in [-0.15, -0.1) is 0 Å². The molecular weight excluding hydrogens is 350 g/mol. The summed E-state index contributed by atoms with van der Waals surface area (Å²) in [6.45, 7) is 3.95. The fraction of sp³-hybridized carbons (Fsp3) is 0.706. The van der Waals surface area contributed by atoms with Gasteiger partial charge in [0.2, 0.25) is 24.2 Å². The highest BCUT2D eigenvalue weighted by molar-refractivity contribution is 5.80. The molecule has 1 aromatic heterocycles. The molecule has 2 rings (SSSR count). The van der Waals surface area contributed by atoms with Crippen LogP contribution in [0.4, 0.5) is 11.9 Å². The molecular formula is C17H29N7O3. The van der Waals surface area contributed by atoms with Gasteiger partial charge in [0.25, 0.3) is 0 Å². The molecule has 1 unspecified atom stereocenters. The molecule has 0 bridgehead atoms. The number of hydrogen-bond acceptors (Lipinski definition) is 8. The molecule has 27 heavy (non-hydrogen) atoms. The SMILES string of the molecule is CCCCCC(CN(O)C=O)C(=O)NNc1nc(CC)nc(NC2CC2)n1. The first kappa shape index (κ1) is 20.8. The third-order valence-corrected chi connectivity index (χ3v) is 4.26. The number of unbranched alkanes of at least 4 members (excludes halogenated alkanes) is 2. The highest BCUT2D eigenvalue weighted by atomic mass is 16.5. The molecule has 0 spiro atoms. The third kappa shape index (κ3) is 7.33. The van der Waals surface area contributed by atoms with Crippen molar-refractivity contribution in [2.75, 3.05) is 17.3 Å². The number of amides is 2. The number of aromatic nitrogens is 3. The molecule has 150 valence electrons. The van der Waals surface area contributed by atoms with Crippen molar-refractivity contribution in [1.29, 1.82) is 0 Å². The Morgan fingerprint density at radius 2 is 2.00 bits per heavy atom. The van der Waals surface area contributed by atoms with E-state index in [1.807, 2.05) is 6.92 Å². The molecule has 1 aromatic rings. The highest BCUT2D eigenvalue weighted by Crippen LogP contribution is 2.23. The van der Waals surface area contributed by atoms with E-state index in [4.69, 9.17) is 0 Å². The molecule has 0 aliphatic heterocycles. The van der Waals surface area contributed by atoms with E-state index in [1.165, 1.54) is 0 Å². The Morgan fingerprint density at radius 3 is 2.63 bits per heavy atom. The molecule has 10 heteroatoms. The van der Waals surface area contributed by atoms with E-state index in [0.29, 0.717) is 42.1 Å². The predicted octanol–water partition coefficient (Wildman–Crippen LogP) is 1.50. The number of carbonyl (C=O) groups excluding carboxylic acids is 2. The summed E-state index contributed by atoms with van der Waals surface area (Å²) in [4.78, 5) is 36.0. The summed E-state index contributed by atoms with van der Waals surface area (Å²) in [6, 6.07) is 0.404. The summed E-state index contributed by atoms with van der Waals surface area (Å²) in [7, 11) is 0. The molecule has 1 heterocycles. The topological polar surface area (TPSA) is 132 Å². The lowest BCUT2D eigenvalue weighted by molar-refractivity contribution is -0.154. The number of carbonyl (C=O) groups is 2. The second-order valence-corrected chi connectivity index (χ2v) is 6.71. The zero-order valence-electron chi connectivity index (χ0n) is 15.9. The molecule has 2 amide bonds. The Bertz CT molecular complexity index is 625. The Kier molecular flexibility index (Phi) is 8.18. The van der Waals surface area contributed by atoms with Gasteiger partial charge in [0, 0.05) is 12.5 Å². The maximum atomic E-state index is 12.5. The van der Waals surface area contributed by atoms with Gasteiger partial charge in [-0.3, -0.25) is 25.6 Å². The lowest BCUT2D eigenvalue weighted by Crippen LogP contribution is -2.40. The molecule has 0 radical (unpaired) electrons. The lowest BCUT2D eigenvalue weighted by Gasteiger charge is -2.19. The number of rotatable bonds is 13. The number of aryl methyl sites for hydroxylation is 1. The monoisotopic (exact) mass is 379 g/mol. The summed E-state index contributed by atoms with van der Waals surface area (Å²) in [5, 5.41) is 13.1. The summed E-state index contributed by atoms with van der Waals surface area (Å²) in [6.07, 6.45) is 6.53. The number of anilines is 2. The normalized spacial score (nSPS) is 14.3. The van der Waals surface area contributed by atoms with Crippen LogP contribution in [0.5, 0.6) is 0 Å². The molecule has 10 nitrogen and oxygen atoms in total. The second kappa shape index (κ2) is 10.6. The van der Waals surface area contributed by atoms with Crippen molar-refractivity contribution in [3.05, 3.63) is 5.82 Å². The van der Waals surface area contributed by atoms with Crippen molar-refractivity contribution in [2.45, 2.75) is 64.8 Å². The van der Waals surface area contributed by atoms with Gasteiger partial charge in [-0.05, 0) is 19.3 Å². The van der Waals surface area contributed by atoms with Crippen molar-refractivity contribution in [2.24, 2.45) is 5.92 Å². The first-order chi connectivity index (χ1) is 13.0. The lowest BCUT2D eigenvalue weighted by atomic mass is 10.0. The quantitative estimate of drug-likeness (QED) is 0.175. The standard InChI is InChI=1S/C17H29N7O3/c1-3-5-6-7-12(10-24(27)11-25)15(26)22-23-17-20-14(4-2)19-16(21-17)18-13-8-9-13/h11-13,27H,3-10H2,1-2H3,(H,22,26)(H2,18,19,20,21,23). The number of hydroxylamine groups is 2. The Hall–Kier alpha value is -2.49. The second-order valence-electron chi connectivity index (χ2n) is 6.71. The Labute approximate surface area is 159 Å². The molecule has 1 aliphatic carbocycles. The number of hydrazine groups is 1. The Balaban J connectivity index is 1.96. The zero-order valence-corrected chi connectivity index (χ0v) is 15.9. The number of nitrogens with one attached hydrogen (secondary N) is 3. The molecule has 1 saturated carbocycles. The third-order valence-electron chi connectivity index (χ3n) is 4.26. The van der Waals surface area contributed by atoms with E-state index < -0.39 is 5.92 Å². The van der Waals surface area contributed by atoms with Crippen LogP contribution in [0, 0.1) is 5.92 Å². The molecule has 1 fully saturated rings. The van der Waals surface area contributed by atoms with Gasteiger partial charge in [0.15, 0.2) is 0 Å². The predicted molar refractivity (Wildman–Crippen MR) is 99.8 cm³/mol. The number of hydrogen-bond donors (Lipinski definition) is 4. The zero-order chi connectivity index (χ0) is 19.6. The van der Waals surface area contributed by atoms with Crippen LogP contribution >= 0.6 is 0 Å².